The summed E-state index contributed by atoms with van der Waals surface area (Å²) in [5, 5.41) is 11.8. The monoisotopic (exact) mass is 250 g/mol. The molecule has 0 bridgehead atoms. The molecule has 0 aliphatic carbocycles. The third-order valence-electron chi connectivity index (χ3n) is 2.63. The van der Waals surface area contributed by atoms with Crippen molar-refractivity contribution in [3.8, 4) is 6.07 Å². The first-order chi connectivity index (χ1) is 7.95. The minimum absolute atomic E-state index is 0.0317. The second-order valence-electron chi connectivity index (χ2n) is 4.53. The van der Waals surface area contributed by atoms with Gasteiger partial charge in [-0.1, -0.05) is 13.8 Å². The summed E-state index contributed by atoms with van der Waals surface area (Å²) >= 11 is 1.67. The lowest BCUT2D eigenvalue weighted by atomic mass is 9.96. The SMILES string of the molecule is Cc1ccc(C(C)NC(=O)C(C#N)C(C)C)s1. The number of nitriles is 1. The van der Waals surface area contributed by atoms with Crippen molar-refractivity contribution < 1.29 is 4.79 Å². The van der Waals surface area contributed by atoms with Gasteiger partial charge >= 0.3 is 0 Å². The minimum atomic E-state index is -0.571. The molecule has 1 heterocycles. The van der Waals surface area contributed by atoms with Gasteiger partial charge in [0.1, 0.15) is 5.92 Å². The van der Waals surface area contributed by atoms with Gasteiger partial charge in [-0.25, -0.2) is 0 Å². The molecule has 1 rings (SSSR count). The molecule has 0 fully saturated rings. The Kier molecular flexibility index (Phi) is 4.71. The molecule has 4 heteroatoms. The van der Waals surface area contributed by atoms with E-state index >= 15 is 0 Å². The van der Waals surface area contributed by atoms with Crippen LogP contribution in [0.3, 0.4) is 0 Å². The summed E-state index contributed by atoms with van der Waals surface area (Å²) in [7, 11) is 0. The van der Waals surface area contributed by atoms with Gasteiger partial charge in [0.15, 0.2) is 0 Å². The molecule has 0 spiro atoms. The third-order valence-corrected chi connectivity index (χ3v) is 3.82. The predicted octanol–water partition coefficient (Wildman–Crippen LogP) is 3.03. The molecule has 0 radical (unpaired) electrons. The van der Waals surface area contributed by atoms with E-state index < -0.39 is 5.92 Å². The van der Waals surface area contributed by atoms with Crippen molar-refractivity contribution in [3.63, 3.8) is 0 Å². The average molecular weight is 250 g/mol. The van der Waals surface area contributed by atoms with Crippen molar-refractivity contribution in [1.29, 1.82) is 5.26 Å². The molecule has 0 saturated carbocycles. The van der Waals surface area contributed by atoms with Gasteiger partial charge in [-0.05, 0) is 31.9 Å². The highest BCUT2D eigenvalue weighted by molar-refractivity contribution is 7.12. The molecule has 1 N–H and O–H groups in total. The smallest absolute Gasteiger partial charge is 0.238 e. The molecule has 0 aliphatic heterocycles. The fourth-order valence-electron chi connectivity index (χ4n) is 1.57. The molecule has 0 aliphatic rings. The summed E-state index contributed by atoms with van der Waals surface area (Å²) in [6.07, 6.45) is 0. The lowest BCUT2D eigenvalue weighted by Crippen LogP contribution is -2.34. The summed E-state index contributed by atoms with van der Waals surface area (Å²) in [6.45, 7) is 7.74. The Balaban J connectivity index is 2.66. The first-order valence-corrected chi connectivity index (χ1v) is 6.53. The van der Waals surface area contributed by atoms with Crippen LogP contribution in [-0.4, -0.2) is 5.91 Å². The van der Waals surface area contributed by atoms with Crippen LogP contribution in [0.1, 0.15) is 36.6 Å². The first kappa shape index (κ1) is 13.7. The van der Waals surface area contributed by atoms with E-state index in [1.165, 1.54) is 4.88 Å². The topological polar surface area (TPSA) is 52.9 Å². The van der Waals surface area contributed by atoms with Crippen molar-refractivity contribution in [2.24, 2.45) is 11.8 Å². The predicted molar refractivity (Wildman–Crippen MR) is 69.6 cm³/mol. The van der Waals surface area contributed by atoms with Crippen LogP contribution in [0.2, 0.25) is 0 Å². The third kappa shape index (κ3) is 3.57. The van der Waals surface area contributed by atoms with E-state index in [-0.39, 0.29) is 17.9 Å². The van der Waals surface area contributed by atoms with E-state index in [1.54, 1.807) is 11.3 Å². The second kappa shape index (κ2) is 5.83. The van der Waals surface area contributed by atoms with Crippen LogP contribution < -0.4 is 5.32 Å². The molecular formula is C13H18N2OS. The maximum atomic E-state index is 11.9. The molecule has 1 aromatic heterocycles. The van der Waals surface area contributed by atoms with E-state index in [2.05, 4.69) is 11.4 Å². The lowest BCUT2D eigenvalue weighted by molar-refractivity contribution is -0.125. The summed E-state index contributed by atoms with van der Waals surface area (Å²) < 4.78 is 0. The van der Waals surface area contributed by atoms with E-state index in [1.807, 2.05) is 39.8 Å². The number of hydrogen-bond acceptors (Lipinski definition) is 3. The minimum Gasteiger partial charge on any atom is -0.348 e. The van der Waals surface area contributed by atoms with Gasteiger partial charge in [0.25, 0.3) is 0 Å². The van der Waals surface area contributed by atoms with Crippen molar-refractivity contribution in [2.75, 3.05) is 0 Å². The number of nitrogens with one attached hydrogen (secondary N) is 1. The van der Waals surface area contributed by atoms with Crippen molar-refractivity contribution in [1.82, 2.24) is 5.32 Å². The Labute approximate surface area is 106 Å². The number of nitrogens with zero attached hydrogens (tertiary/aromatic N) is 1. The van der Waals surface area contributed by atoms with Gasteiger partial charge in [0.2, 0.25) is 5.91 Å². The van der Waals surface area contributed by atoms with Crippen molar-refractivity contribution >= 4 is 17.2 Å². The first-order valence-electron chi connectivity index (χ1n) is 5.72. The Morgan fingerprint density at radius 1 is 1.41 bits per heavy atom. The molecule has 1 amide bonds. The van der Waals surface area contributed by atoms with Crippen LogP contribution in [0.25, 0.3) is 0 Å². The zero-order valence-corrected chi connectivity index (χ0v) is 11.5. The van der Waals surface area contributed by atoms with Gasteiger partial charge in [-0.2, -0.15) is 5.26 Å². The standard InChI is InChI=1S/C13H18N2OS/c1-8(2)11(7-14)13(16)15-10(4)12-6-5-9(3)17-12/h5-6,8,10-11H,1-4H3,(H,15,16). The molecule has 1 aromatic rings. The lowest BCUT2D eigenvalue weighted by Gasteiger charge is -2.17. The molecule has 17 heavy (non-hydrogen) atoms. The fourth-order valence-corrected chi connectivity index (χ4v) is 2.45. The van der Waals surface area contributed by atoms with Crippen LogP contribution in [0, 0.1) is 30.1 Å². The second-order valence-corrected chi connectivity index (χ2v) is 5.85. The van der Waals surface area contributed by atoms with Crippen LogP contribution in [-0.2, 0) is 4.79 Å². The number of hydrogen-bond donors (Lipinski definition) is 1. The van der Waals surface area contributed by atoms with E-state index in [0.717, 1.165) is 4.88 Å². The number of amides is 1. The fraction of sp³-hybridized carbons (Fsp3) is 0.538. The average Bonchev–Trinajstić information content (AvgIpc) is 2.65. The highest BCUT2D eigenvalue weighted by Gasteiger charge is 2.23. The molecule has 2 unspecified atom stereocenters. The Morgan fingerprint density at radius 3 is 2.47 bits per heavy atom. The van der Waals surface area contributed by atoms with Crippen LogP contribution in [0.4, 0.5) is 0 Å². The molecule has 0 aromatic carbocycles. The van der Waals surface area contributed by atoms with Gasteiger partial charge in [0.05, 0.1) is 12.1 Å². The Morgan fingerprint density at radius 2 is 2.06 bits per heavy atom. The van der Waals surface area contributed by atoms with Crippen LogP contribution in [0.15, 0.2) is 12.1 Å². The number of rotatable bonds is 4. The largest absolute Gasteiger partial charge is 0.348 e. The number of carbonyl (C=O) groups excluding carboxylic acids is 1. The highest BCUT2D eigenvalue weighted by atomic mass is 32.1. The van der Waals surface area contributed by atoms with Gasteiger partial charge in [0, 0.05) is 9.75 Å². The normalized spacial score (nSPS) is 14.1. The quantitative estimate of drug-likeness (QED) is 0.893. The van der Waals surface area contributed by atoms with Crippen LogP contribution >= 0.6 is 11.3 Å². The number of thiophene rings is 1. The van der Waals surface area contributed by atoms with Crippen LogP contribution in [0.5, 0.6) is 0 Å². The van der Waals surface area contributed by atoms with E-state index in [9.17, 15) is 4.79 Å². The zero-order valence-electron chi connectivity index (χ0n) is 10.7. The van der Waals surface area contributed by atoms with E-state index in [4.69, 9.17) is 5.26 Å². The van der Waals surface area contributed by atoms with E-state index in [0.29, 0.717) is 0 Å². The van der Waals surface area contributed by atoms with Crippen molar-refractivity contribution in [2.45, 2.75) is 33.7 Å². The highest BCUT2D eigenvalue weighted by Crippen LogP contribution is 2.23. The summed E-state index contributed by atoms with van der Waals surface area (Å²) in [5.41, 5.74) is 0. The maximum Gasteiger partial charge on any atom is 0.238 e. The molecule has 0 saturated heterocycles. The van der Waals surface area contributed by atoms with Gasteiger partial charge in [-0.15, -0.1) is 11.3 Å². The summed E-state index contributed by atoms with van der Waals surface area (Å²) in [4.78, 5) is 14.2. The number of carbonyl (C=O) groups is 1. The Bertz CT molecular complexity index is 431. The Hall–Kier alpha value is -1.34. The van der Waals surface area contributed by atoms with Gasteiger partial charge < -0.3 is 5.32 Å². The van der Waals surface area contributed by atoms with Crippen molar-refractivity contribution in [3.05, 3.63) is 21.9 Å². The number of aryl methyl sites for hydroxylation is 1. The maximum absolute atomic E-state index is 11.9. The molecular weight excluding hydrogens is 232 g/mol. The zero-order chi connectivity index (χ0) is 13.0. The molecule has 3 nitrogen and oxygen atoms in total. The van der Waals surface area contributed by atoms with Gasteiger partial charge in [-0.3, -0.25) is 4.79 Å². The molecule has 92 valence electrons. The summed E-state index contributed by atoms with van der Waals surface area (Å²) in [5.74, 6) is -0.711. The molecule has 2 atom stereocenters. The summed E-state index contributed by atoms with van der Waals surface area (Å²) in [6, 6.07) is 6.07.